The Labute approximate surface area is 104 Å². The van der Waals surface area contributed by atoms with Gasteiger partial charge in [0.15, 0.2) is 5.82 Å². The fourth-order valence-corrected chi connectivity index (χ4v) is 1.62. The summed E-state index contributed by atoms with van der Waals surface area (Å²) in [7, 11) is 0. The van der Waals surface area contributed by atoms with Crippen LogP contribution in [0.2, 0.25) is 0 Å². The monoisotopic (exact) mass is 246 g/mol. The van der Waals surface area contributed by atoms with Crippen molar-refractivity contribution in [3.8, 4) is 0 Å². The van der Waals surface area contributed by atoms with Gasteiger partial charge in [0.25, 0.3) is 0 Å². The SMILES string of the molecule is Cc1ccc(Cc2nnnn2C(C)C(=O)O)cc1. The van der Waals surface area contributed by atoms with Crippen LogP contribution in [0.5, 0.6) is 0 Å². The zero-order valence-electron chi connectivity index (χ0n) is 10.2. The third-order valence-corrected chi connectivity index (χ3v) is 2.77. The Balaban J connectivity index is 2.22. The molecule has 6 heteroatoms. The summed E-state index contributed by atoms with van der Waals surface area (Å²) in [5, 5.41) is 20.1. The van der Waals surface area contributed by atoms with Crippen LogP contribution in [-0.2, 0) is 11.2 Å². The van der Waals surface area contributed by atoms with E-state index in [1.54, 1.807) is 6.92 Å². The highest BCUT2D eigenvalue weighted by atomic mass is 16.4. The maximum Gasteiger partial charge on any atom is 0.328 e. The molecule has 0 bridgehead atoms. The summed E-state index contributed by atoms with van der Waals surface area (Å²) in [6.07, 6.45) is 0.519. The van der Waals surface area contributed by atoms with E-state index < -0.39 is 12.0 Å². The Kier molecular flexibility index (Phi) is 3.36. The predicted molar refractivity (Wildman–Crippen MR) is 64.1 cm³/mol. The number of hydrogen-bond donors (Lipinski definition) is 1. The molecule has 0 fully saturated rings. The summed E-state index contributed by atoms with van der Waals surface area (Å²) in [5.74, 6) is -0.402. The van der Waals surface area contributed by atoms with Crippen LogP contribution in [0.4, 0.5) is 0 Å². The van der Waals surface area contributed by atoms with E-state index in [0.717, 1.165) is 5.56 Å². The molecule has 1 heterocycles. The number of hydrogen-bond acceptors (Lipinski definition) is 4. The molecule has 94 valence electrons. The van der Waals surface area contributed by atoms with Gasteiger partial charge in [-0.1, -0.05) is 29.8 Å². The Bertz CT molecular complexity index is 547. The Morgan fingerprint density at radius 3 is 2.67 bits per heavy atom. The number of aromatic nitrogens is 4. The maximum atomic E-state index is 10.9. The van der Waals surface area contributed by atoms with Crippen molar-refractivity contribution >= 4 is 5.97 Å². The van der Waals surface area contributed by atoms with E-state index in [1.165, 1.54) is 10.2 Å². The van der Waals surface area contributed by atoms with Crippen molar-refractivity contribution in [3.05, 3.63) is 41.2 Å². The number of carboxylic acid groups (broad SMARTS) is 1. The van der Waals surface area contributed by atoms with E-state index in [2.05, 4.69) is 15.5 Å². The van der Waals surface area contributed by atoms with Gasteiger partial charge < -0.3 is 5.11 Å². The molecule has 0 radical (unpaired) electrons. The van der Waals surface area contributed by atoms with Gasteiger partial charge >= 0.3 is 5.97 Å². The summed E-state index contributed by atoms with van der Waals surface area (Å²) >= 11 is 0. The molecule has 1 unspecified atom stereocenters. The highest BCUT2D eigenvalue weighted by Gasteiger charge is 2.19. The first kappa shape index (κ1) is 12.2. The molecule has 1 aromatic heterocycles. The molecule has 1 aromatic carbocycles. The minimum absolute atomic E-state index is 0.519. The number of carbonyl (C=O) groups is 1. The lowest BCUT2D eigenvalue weighted by molar-refractivity contribution is -0.140. The van der Waals surface area contributed by atoms with Crippen molar-refractivity contribution < 1.29 is 9.90 Å². The number of rotatable bonds is 4. The zero-order chi connectivity index (χ0) is 13.1. The van der Waals surface area contributed by atoms with Crippen molar-refractivity contribution in [3.63, 3.8) is 0 Å². The number of nitrogens with zero attached hydrogens (tertiary/aromatic N) is 4. The average molecular weight is 246 g/mol. The van der Waals surface area contributed by atoms with E-state index in [4.69, 9.17) is 5.11 Å². The Morgan fingerprint density at radius 1 is 1.39 bits per heavy atom. The second-order valence-corrected chi connectivity index (χ2v) is 4.22. The third-order valence-electron chi connectivity index (χ3n) is 2.77. The van der Waals surface area contributed by atoms with Gasteiger partial charge in [0.2, 0.25) is 0 Å². The number of tetrazole rings is 1. The highest BCUT2D eigenvalue weighted by Crippen LogP contribution is 2.11. The van der Waals surface area contributed by atoms with E-state index in [0.29, 0.717) is 12.2 Å². The van der Waals surface area contributed by atoms with Gasteiger partial charge in [0, 0.05) is 6.42 Å². The summed E-state index contributed by atoms with van der Waals surface area (Å²) in [6, 6.07) is 7.22. The van der Waals surface area contributed by atoms with Crippen LogP contribution in [0.15, 0.2) is 24.3 Å². The van der Waals surface area contributed by atoms with Crippen molar-refractivity contribution in [1.82, 2.24) is 20.2 Å². The van der Waals surface area contributed by atoms with Crippen molar-refractivity contribution in [1.29, 1.82) is 0 Å². The van der Waals surface area contributed by atoms with E-state index in [-0.39, 0.29) is 0 Å². The van der Waals surface area contributed by atoms with E-state index >= 15 is 0 Å². The minimum Gasteiger partial charge on any atom is -0.480 e. The molecule has 2 aromatic rings. The second kappa shape index (κ2) is 4.95. The summed E-state index contributed by atoms with van der Waals surface area (Å²) in [6.45, 7) is 3.57. The Morgan fingerprint density at radius 2 is 2.06 bits per heavy atom. The smallest absolute Gasteiger partial charge is 0.328 e. The van der Waals surface area contributed by atoms with E-state index in [9.17, 15) is 4.79 Å². The van der Waals surface area contributed by atoms with Crippen molar-refractivity contribution in [2.45, 2.75) is 26.3 Å². The van der Waals surface area contributed by atoms with E-state index in [1.807, 2.05) is 31.2 Å². The third kappa shape index (κ3) is 2.53. The lowest BCUT2D eigenvalue weighted by Crippen LogP contribution is -2.19. The quantitative estimate of drug-likeness (QED) is 0.877. The van der Waals surface area contributed by atoms with Crippen LogP contribution in [-0.4, -0.2) is 31.3 Å². The lowest BCUT2D eigenvalue weighted by Gasteiger charge is -2.08. The van der Waals surface area contributed by atoms with Crippen molar-refractivity contribution in [2.24, 2.45) is 0 Å². The average Bonchev–Trinajstić information content (AvgIpc) is 2.79. The molecule has 0 aliphatic rings. The Hall–Kier alpha value is -2.24. The maximum absolute atomic E-state index is 10.9. The molecule has 0 spiro atoms. The molecular formula is C12H14N4O2. The molecule has 0 saturated heterocycles. The predicted octanol–water partition coefficient (Wildman–Crippen LogP) is 1.22. The van der Waals surface area contributed by atoms with Gasteiger partial charge in [-0.25, -0.2) is 9.48 Å². The van der Waals surface area contributed by atoms with Crippen LogP contribution in [0, 0.1) is 6.92 Å². The van der Waals surface area contributed by atoms with Gasteiger partial charge in [-0.15, -0.1) is 5.10 Å². The lowest BCUT2D eigenvalue weighted by atomic mass is 10.1. The molecule has 0 aliphatic carbocycles. The molecule has 1 atom stereocenters. The number of aliphatic carboxylic acids is 1. The number of carboxylic acids is 1. The van der Waals surface area contributed by atoms with Crippen LogP contribution >= 0.6 is 0 Å². The van der Waals surface area contributed by atoms with Gasteiger partial charge in [0.1, 0.15) is 6.04 Å². The fraction of sp³-hybridized carbons (Fsp3) is 0.333. The van der Waals surface area contributed by atoms with Crippen LogP contribution in [0.1, 0.15) is 29.9 Å². The molecular weight excluding hydrogens is 232 g/mol. The van der Waals surface area contributed by atoms with Crippen molar-refractivity contribution in [2.75, 3.05) is 0 Å². The standard InChI is InChI=1S/C12H14N4O2/c1-8-3-5-10(6-4-8)7-11-13-14-15-16(11)9(2)12(17)18/h3-6,9H,7H2,1-2H3,(H,17,18). The minimum atomic E-state index is -0.951. The van der Waals surface area contributed by atoms with Gasteiger partial charge in [-0.3, -0.25) is 0 Å². The normalized spacial score (nSPS) is 12.3. The largest absolute Gasteiger partial charge is 0.480 e. The van der Waals surface area contributed by atoms with Crippen LogP contribution < -0.4 is 0 Å². The summed E-state index contributed by atoms with van der Waals surface area (Å²) in [5.41, 5.74) is 2.23. The molecule has 0 amide bonds. The summed E-state index contributed by atoms with van der Waals surface area (Å²) < 4.78 is 1.34. The second-order valence-electron chi connectivity index (χ2n) is 4.22. The highest BCUT2D eigenvalue weighted by molar-refractivity contribution is 5.71. The summed E-state index contributed by atoms with van der Waals surface area (Å²) in [4.78, 5) is 10.9. The molecule has 0 saturated carbocycles. The molecule has 2 rings (SSSR count). The zero-order valence-corrected chi connectivity index (χ0v) is 10.2. The molecule has 18 heavy (non-hydrogen) atoms. The fourth-order valence-electron chi connectivity index (χ4n) is 1.62. The first-order valence-electron chi connectivity index (χ1n) is 5.63. The molecule has 1 N–H and O–H groups in total. The van der Waals surface area contributed by atoms with Crippen LogP contribution in [0.3, 0.4) is 0 Å². The molecule has 0 aliphatic heterocycles. The van der Waals surface area contributed by atoms with Gasteiger partial charge in [-0.05, 0) is 29.8 Å². The molecule has 6 nitrogen and oxygen atoms in total. The topological polar surface area (TPSA) is 80.9 Å². The number of benzene rings is 1. The van der Waals surface area contributed by atoms with Gasteiger partial charge in [-0.2, -0.15) is 0 Å². The van der Waals surface area contributed by atoms with Crippen LogP contribution in [0.25, 0.3) is 0 Å². The first-order chi connectivity index (χ1) is 8.58. The first-order valence-corrected chi connectivity index (χ1v) is 5.63. The van der Waals surface area contributed by atoms with Gasteiger partial charge in [0.05, 0.1) is 0 Å². The number of aryl methyl sites for hydroxylation is 1.